The number of rotatable bonds is 4. The number of aromatic nitrogens is 2. The lowest BCUT2D eigenvalue weighted by Crippen LogP contribution is -1.97. The third-order valence-corrected chi connectivity index (χ3v) is 2.61. The Morgan fingerprint density at radius 1 is 1.33 bits per heavy atom. The molecule has 0 spiro atoms. The molecule has 0 saturated carbocycles. The SMILES string of the molecule is COc1cccc(-c2nc(C(C)OC)no2)c1O. The maximum atomic E-state index is 9.96. The fourth-order valence-electron chi connectivity index (χ4n) is 1.47. The van der Waals surface area contributed by atoms with E-state index in [0.29, 0.717) is 17.1 Å². The Morgan fingerprint density at radius 2 is 2.11 bits per heavy atom. The highest BCUT2D eigenvalue weighted by Gasteiger charge is 2.18. The van der Waals surface area contributed by atoms with Gasteiger partial charge in [-0.3, -0.25) is 0 Å². The molecule has 1 atom stereocenters. The number of phenols is 1. The number of phenolic OH excluding ortho intramolecular Hbond substituents is 1. The van der Waals surface area contributed by atoms with Crippen LogP contribution in [0.25, 0.3) is 11.5 Å². The van der Waals surface area contributed by atoms with Crippen molar-refractivity contribution in [2.45, 2.75) is 13.0 Å². The normalized spacial score (nSPS) is 12.4. The number of benzene rings is 1. The minimum atomic E-state index is -0.268. The standard InChI is InChI=1S/C12H14N2O4/c1-7(16-2)11-13-12(18-14-11)8-5-4-6-9(17-3)10(8)15/h4-7,15H,1-3H3. The quantitative estimate of drug-likeness (QED) is 0.895. The van der Waals surface area contributed by atoms with Crippen molar-refractivity contribution in [1.82, 2.24) is 10.1 Å². The van der Waals surface area contributed by atoms with Crippen LogP contribution in [0.4, 0.5) is 0 Å². The zero-order chi connectivity index (χ0) is 13.1. The van der Waals surface area contributed by atoms with Gasteiger partial charge in [-0.15, -0.1) is 0 Å². The molecule has 2 rings (SSSR count). The molecule has 0 radical (unpaired) electrons. The number of hydrogen-bond acceptors (Lipinski definition) is 6. The van der Waals surface area contributed by atoms with Gasteiger partial charge in [-0.1, -0.05) is 11.2 Å². The van der Waals surface area contributed by atoms with E-state index in [1.807, 2.05) is 0 Å². The third kappa shape index (κ3) is 2.14. The molecule has 0 saturated heterocycles. The number of aromatic hydroxyl groups is 1. The molecule has 6 heteroatoms. The van der Waals surface area contributed by atoms with Crippen molar-refractivity contribution in [3.05, 3.63) is 24.0 Å². The van der Waals surface area contributed by atoms with Gasteiger partial charge in [0.2, 0.25) is 5.82 Å². The first-order valence-electron chi connectivity index (χ1n) is 5.40. The number of methoxy groups -OCH3 is 2. The molecule has 2 aromatic rings. The lowest BCUT2D eigenvalue weighted by molar-refractivity contribution is 0.109. The van der Waals surface area contributed by atoms with Gasteiger partial charge in [0.05, 0.1) is 12.7 Å². The average Bonchev–Trinajstić information content (AvgIpc) is 2.87. The molecule has 18 heavy (non-hydrogen) atoms. The molecule has 0 bridgehead atoms. The topological polar surface area (TPSA) is 77.6 Å². The molecular formula is C12H14N2O4. The van der Waals surface area contributed by atoms with E-state index in [9.17, 15) is 5.11 Å². The first-order valence-corrected chi connectivity index (χ1v) is 5.40. The zero-order valence-corrected chi connectivity index (χ0v) is 10.4. The maximum Gasteiger partial charge on any atom is 0.261 e. The Bertz CT molecular complexity index is 539. The predicted molar refractivity (Wildman–Crippen MR) is 63.4 cm³/mol. The molecule has 0 aliphatic rings. The summed E-state index contributed by atoms with van der Waals surface area (Å²) in [6.07, 6.45) is -0.268. The van der Waals surface area contributed by atoms with Crippen LogP contribution < -0.4 is 4.74 Å². The fraction of sp³-hybridized carbons (Fsp3) is 0.333. The summed E-state index contributed by atoms with van der Waals surface area (Å²) in [7, 11) is 3.04. The van der Waals surface area contributed by atoms with Crippen molar-refractivity contribution in [3.63, 3.8) is 0 Å². The third-order valence-electron chi connectivity index (χ3n) is 2.61. The summed E-state index contributed by atoms with van der Waals surface area (Å²) in [4.78, 5) is 4.17. The van der Waals surface area contributed by atoms with E-state index in [4.69, 9.17) is 14.0 Å². The maximum absolute atomic E-state index is 9.96. The van der Waals surface area contributed by atoms with Gasteiger partial charge < -0.3 is 19.1 Å². The van der Waals surface area contributed by atoms with E-state index in [2.05, 4.69) is 10.1 Å². The molecule has 0 amide bonds. The van der Waals surface area contributed by atoms with E-state index >= 15 is 0 Å². The van der Waals surface area contributed by atoms with Gasteiger partial charge in [-0.25, -0.2) is 0 Å². The van der Waals surface area contributed by atoms with Crippen LogP contribution in [-0.2, 0) is 4.74 Å². The van der Waals surface area contributed by atoms with Crippen LogP contribution in [0.3, 0.4) is 0 Å². The summed E-state index contributed by atoms with van der Waals surface area (Å²) in [5.74, 6) is 0.979. The first-order chi connectivity index (χ1) is 8.67. The number of ether oxygens (including phenoxy) is 2. The lowest BCUT2D eigenvalue weighted by Gasteiger charge is -2.05. The second-order valence-corrected chi connectivity index (χ2v) is 3.69. The molecule has 1 heterocycles. The van der Waals surface area contributed by atoms with E-state index in [1.54, 1.807) is 32.2 Å². The Balaban J connectivity index is 2.40. The predicted octanol–water partition coefficient (Wildman–Crippen LogP) is 2.16. The Morgan fingerprint density at radius 3 is 2.78 bits per heavy atom. The first kappa shape index (κ1) is 12.4. The van der Waals surface area contributed by atoms with E-state index in [-0.39, 0.29) is 17.7 Å². The minimum Gasteiger partial charge on any atom is -0.504 e. The molecule has 96 valence electrons. The Kier molecular flexibility index (Phi) is 3.47. The summed E-state index contributed by atoms with van der Waals surface area (Å²) in [6.45, 7) is 1.81. The summed E-state index contributed by atoms with van der Waals surface area (Å²) < 4.78 is 15.2. The van der Waals surface area contributed by atoms with E-state index < -0.39 is 0 Å². The largest absolute Gasteiger partial charge is 0.504 e. The van der Waals surface area contributed by atoms with Crippen molar-refractivity contribution in [3.8, 4) is 23.0 Å². The fourth-order valence-corrected chi connectivity index (χ4v) is 1.47. The number of nitrogens with zero attached hydrogens (tertiary/aromatic N) is 2. The van der Waals surface area contributed by atoms with E-state index in [1.165, 1.54) is 7.11 Å². The van der Waals surface area contributed by atoms with E-state index in [0.717, 1.165) is 0 Å². The molecule has 1 aromatic heterocycles. The highest BCUT2D eigenvalue weighted by Crippen LogP contribution is 2.36. The smallest absolute Gasteiger partial charge is 0.261 e. The number of para-hydroxylation sites is 1. The zero-order valence-electron chi connectivity index (χ0n) is 10.4. The lowest BCUT2D eigenvalue weighted by atomic mass is 10.2. The van der Waals surface area contributed by atoms with Crippen molar-refractivity contribution in [2.24, 2.45) is 0 Å². The molecule has 6 nitrogen and oxygen atoms in total. The summed E-state index contributed by atoms with van der Waals surface area (Å²) in [5, 5.41) is 13.8. The minimum absolute atomic E-state index is 0.0275. The molecule has 1 N–H and O–H groups in total. The molecule has 0 aliphatic carbocycles. The van der Waals surface area contributed by atoms with Gasteiger partial charge in [0.1, 0.15) is 6.10 Å². The van der Waals surface area contributed by atoms with Crippen LogP contribution in [0.1, 0.15) is 18.9 Å². The van der Waals surface area contributed by atoms with Gasteiger partial charge in [-0.2, -0.15) is 4.98 Å². The molecule has 1 aromatic carbocycles. The summed E-state index contributed by atoms with van der Waals surface area (Å²) >= 11 is 0. The van der Waals surface area contributed by atoms with Crippen LogP contribution >= 0.6 is 0 Å². The highest BCUT2D eigenvalue weighted by atomic mass is 16.5. The average molecular weight is 250 g/mol. The van der Waals surface area contributed by atoms with Crippen molar-refractivity contribution < 1.29 is 19.1 Å². The van der Waals surface area contributed by atoms with Gasteiger partial charge in [0.25, 0.3) is 5.89 Å². The summed E-state index contributed by atoms with van der Waals surface area (Å²) in [6, 6.07) is 5.05. The van der Waals surface area contributed by atoms with Crippen LogP contribution in [0.15, 0.2) is 22.7 Å². The second-order valence-electron chi connectivity index (χ2n) is 3.69. The van der Waals surface area contributed by atoms with Crippen molar-refractivity contribution >= 4 is 0 Å². The second kappa shape index (κ2) is 5.05. The van der Waals surface area contributed by atoms with Crippen LogP contribution in [0.5, 0.6) is 11.5 Å². The van der Waals surface area contributed by atoms with Crippen molar-refractivity contribution in [1.29, 1.82) is 0 Å². The molecule has 1 unspecified atom stereocenters. The van der Waals surface area contributed by atoms with Crippen LogP contribution in [-0.4, -0.2) is 29.5 Å². The Hall–Kier alpha value is -2.08. The highest BCUT2D eigenvalue weighted by molar-refractivity contribution is 5.66. The molecule has 0 fully saturated rings. The van der Waals surface area contributed by atoms with Gasteiger partial charge >= 0.3 is 0 Å². The molecular weight excluding hydrogens is 236 g/mol. The molecule has 0 aliphatic heterocycles. The van der Waals surface area contributed by atoms with Crippen LogP contribution in [0, 0.1) is 0 Å². The van der Waals surface area contributed by atoms with Crippen LogP contribution in [0.2, 0.25) is 0 Å². The Labute approximate surface area is 104 Å². The van der Waals surface area contributed by atoms with Gasteiger partial charge in [0, 0.05) is 7.11 Å². The monoisotopic (exact) mass is 250 g/mol. The van der Waals surface area contributed by atoms with Gasteiger partial charge in [-0.05, 0) is 19.1 Å². The van der Waals surface area contributed by atoms with Gasteiger partial charge in [0.15, 0.2) is 11.5 Å². The van der Waals surface area contributed by atoms with Crippen molar-refractivity contribution in [2.75, 3.05) is 14.2 Å². The number of hydrogen-bond donors (Lipinski definition) is 1. The summed E-state index contributed by atoms with van der Waals surface area (Å²) in [5.41, 5.74) is 0.427.